The number of hydrogen-bond donors (Lipinski definition) is 0. The van der Waals surface area contributed by atoms with Crippen LogP contribution in [-0.2, 0) is 0 Å². The van der Waals surface area contributed by atoms with E-state index in [0.717, 1.165) is 22.7 Å². The molecule has 0 aliphatic rings. The van der Waals surface area contributed by atoms with Crippen molar-refractivity contribution in [3.05, 3.63) is 206 Å². The summed E-state index contributed by atoms with van der Waals surface area (Å²) in [7, 11) is 0. The summed E-state index contributed by atoms with van der Waals surface area (Å²) in [6.45, 7) is 0. The van der Waals surface area contributed by atoms with Crippen LogP contribution in [0, 0.1) is 0 Å². The Bertz CT molecular complexity index is 3780. The molecule has 9 aromatic carbocycles. The summed E-state index contributed by atoms with van der Waals surface area (Å²) in [6, 6.07) is 75.4. The van der Waals surface area contributed by atoms with Crippen LogP contribution >= 0.6 is 0 Å². The maximum absolute atomic E-state index is 2.47. The van der Waals surface area contributed by atoms with Crippen LogP contribution in [0.2, 0.25) is 0 Å². The van der Waals surface area contributed by atoms with Gasteiger partial charge in [-0.1, -0.05) is 121 Å². The summed E-state index contributed by atoms with van der Waals surface area (Å²) < 4.78 is 9.77. The van der Waals surface area contributed by atoms with Crippen LogP contribution in [0.3, 0.4) is 0 Å². The lowest BCUT2D eigenvalue weighted by Gasteiger charge is -2.12. The highest BCUT2D eigenvalue weighted by Gasteiger charge is 2.22. The Morgan fingerprint density at radius 3 is 1.28 bits per heavy atom. The molecule has 0 saturated carbocycles. The third-order valence-corrected chi connectivity index (χ3v) is 12.3. The van der Waals surface area contributed by atoms with Crippen LogP contribution in [0.1, 0.15) is 0 Å². The molecule has 0 aliphatic carbocycles. The van der Waals surface area contributed by atoms with Gasteiger partial charge >= 0.3 is 0 Å². The topological polar surface area (TPSA) is 19.7 Å². The molecule has 0 unspecified atom stereocenters. The lowest BCUT2D eigenvalue weighted by molar-refractivity contribution is 1.15. The fourth-order valence-electron chi connectivity index (χ4n) is 9.96. The van der Waals surface area contributed by atoms with Crippen molar-refractivity contribution in [3.63, 3.8) is 0 Å². The maximum Gasteiger partial charge on any atom is 0.0641 e. The van der Waals surface area contributed by atoms with E-state index in [1.807, 2.05) is 0 Å². The maximum atomic E-state index is 2.47. The lowest BCUT2D eigenvalue weighted by Crippen LogP contribution is -1.98. The Labute approximate surface area is 333 Å². The first kappa shape index (κ1) is 31.4. The van der Waals surface area contributed by atoms with Gasteiger partial charge in [-0.3, -0.25) is 0 Å². The Hall–Kier alpha value is -7.82. The molecule has 0 spiro atoms. The number of fused-ring (bicyclic) bond motifs is 13. The van der Waals surface area contributed by atoms with E-state index in [9.17, 15) is 0 Å². The Morgan fingerprint density at radius 1 is 0.207 bits per heavy atom. The summed E-state index contributed by atoms with van der Waals surface area (Å²) in [4.78, 5) is 0. The molecule has 4 heteroatoms. The first-order valence-corrected chi connectivity index (χ1v) is 20.0. The smallest absolute Gasteiger partial charge is 0.0641 e. The second kappa shape index (κ2) is 11.8. The van der Waals surface area contributed by atoms with E-state index in [4.69, 9.17) is 0 Å². The molecule has 0 N–H and O–H groups in total. The molecule has 0 bridgehead atoms. The van der Waals surface area contributed by atoms with Crippen LogP contribution in [0.5, 0.6) is 0 Å². The van der Waals surface area contributed by atoms with Gasteiger partial charge in [-0.15, -0.1) is 0 Å². The predicted molar refractivity (Wildman–Crippen MR) is 244 cm³/mol. The number of benzene rings is 9. The fraction of sp³-hybridized carbons (Fsp3) is 0. The molecule has 13 rings (SSSR count). The molecular formula is C54H34N4. The van der Waals surface area contributed by atoms with Gasteiger partial charge in [0.25, 0.3) is 0 Å². The molecule has 4 nitrogen and oxygen atoms in total. The Balaban J connectivity index is 1.10. The Kier molecular flexibility index (Phi) is 6.41. The van der Waals surface area contributed by atoms with Crippen molar-refractivity contribution in [1.29, 1.82) is 0 Å². The molecular weight excluding hydrogens is 705 g/mol. The third kappa shape index (κ3) is 4.23. The van der Waals surface area contributed by atoms with Gasteiger partial charge in [0.1, 0.15) is 0 Å². The summed E-state index contributed by atoms with van der Waals surface area (Å²) >= 11 is 0. The van der Waals surface area contributed by atoms with Crippen molar-refractivity contribution in [3.8, 4) is 22.7 Å². The predicted octanol–water partition coefficient (Wildman–Crippen LogP) is 14.1. The molecule has 0 amide bonds. The molecule has 0 atom stereocenters. The van der Waals surface area contributed by atoms with Crippen molar-refractivity contribution in [2.45, 2.75) is 0 Å². The highest BCUT2D eigenvalue weighted by atomic mass is 15.0. The molecule has 0 aliphatic heterocycles. The van der Waals surface area contributed by atoms with E-state index >= 15 is 0 Å². The van der Waals surface area contributed by atoms with Crippen molar-refractivity contribution in [2.24, 2.45) is 0 Å². The van der Waals surface area contributed by atoms with Crippen LogP contribution in [0.15, 0.2) is 206 Å². The average molecular weight is 739 g/mol. The zero-order chi connectivity index (χ0) is 37.9. The Morgan fingerprint density at radius 2 is 0.603 bits per heavy atom. The normalized spacial score (nSPS) is 12.1. The molecule has 13 aromatic rings. The van der Waals surface area contributed by atoms with Crippen LogP contribution < -0.4 is 0 Å². The van der Waals surface area contributed by atoms with Crippen LogP contribution in [-0.4, -0.2) is 18.3 Å². The zero-order valence-corrected chi connectivity index (χ0v) is 31.4. The summed E-state index contributed by atoms with van der Waals surface area (Å²) in [5.74, 6) is 0. The second-order valence-corrected chi connectivity index (χ2v) is 15.3. The standard InChI is InChI=1S/C54H34N4/c1-3-15-35(16-4-1)55-47-24-12-9-21-41(47)45-33-37(28-31-50(45)55)57-46-23-11-7-19-39(46)42-29-27-38(34-52(42)57)56-49-26-14-10-22-44(49)53-51(56)32-30-43-40-20-8-13-25-48(40)58(54(43)53)36-17-5-2-6-18-36/h1-34H. The average Bonchev–Trinajstić information content (AvgIpc) is 4.01. The molecule has 4 heterocycles. The van der Waals surface area contributed by atoms with Crippen LogP contribution in [0.25, 0.3) is 110 Å². The van der Waals surface area contributed by atoms with Crippen molar-refractivity contribution in [1.82, 2.24) is 18.3 Å². The first-order valence-electron chi connectivity index (χ1n) is 20.0. The van der Waals surface area contributed by atoms with E-state index in [0.29, 0.717) is 0 Å². The molecule has 0 saturated heterocycles. The zero-order valence-electron chi connectivity index (χ0n) is 31.4. The van der Waals surface area contributed by atoms with E-state index in [-0.39, 0.29) is 0 Å². The van der Waals surface area contributed by atoms with Gasteiger partial charge in [-0.25, -0.2) is 0 Å². The third-order valence-electron chi connectivity index (χ3n) is 12.3. The highest BCUT2D eigenvalue weighted by molar-refractivity contribution is 6.26. The minimum absolute atomic E-state index is 1.13. The van der Waals surface area contributed by atoms with Crippen molar-refractivity contribution < 1.29 is 0 Å². The molecule has 4 aromatic heterocycles. The minimum atomic E-state index is 1.13. The minimum Gasteiger partial charge on any atom is -0.309 e. The number of nitrogens with zero attached hydrogens (tertiary/aromatic N) is 4. The quantitative estimate of drug-likeness (QED) is 0.171. The first-order chi connectivity index (χ1) is 28.8. The number of rotatable bonds is 4. The number of para-hydroxylation sites is 6. The van der Waals surface area contributed by atoms with E-state index in [2.05, 4.69) is 225 Å². The summed E-state index contributed by atoms with van der Waals surface area (Å²) in [5.41, 5.74) is 14.2. The largest absolute Gasteiger partial charge is 0.309 e. The summed E-state index contributed by atoms with van der Waals surface area (Å²) in [6.07, 6.45) is 0. The van der Waals surface area contributed by atoms with Crippen molar-refractivity contribution in [2.75, 3.05) is 0 Å². The molecule has 0 radical (unpaired) electrons. The second-order valence-electron chi connectivity index (χ2n) is 15.3. The van der Waals surface area contributed by atoms with Gasteiger partial charge in [0.05, 0.1) is 44.1 Å². The van der Waals surface area contributed by atoms with Gasteiger partial charge in [-0.2, -0.15) is 0 Å². The van der Waals surface area contributed by atoms with Gasteiger partial charge in [0.15, 0.2) is 0 Å². The number of aromatic nitrogens is 4. The van der Waals surface area contributed by atoms with Crippen LogP contribution in [0.4, 0.5) is 0 Å². The van der Waals surface area contributed by atoms with E-state index in [1.165, 1.54) is 87.2 Å². The molecule has 0 fully saturated rings. The fourth-order valence-corrected chi connectivity index (χ4v) is 9.96. The SMILES string of the molecule is c1ccc(-n2c3ccccc3c3cc(-n4c5ccccc5c5ccc(-n6c7ccccc7c7c6ccc6c8ccccc8n(-c8ccccc8)c67)cc54)ccc32)cc1. The van der Waals surface area contributed by atoms with Gasteiger partial charge < -0.3 is 18.3 Å². The summed E-state index contributed by atoms with van der Waals surface area (Å²) in [5, 5.41) is 9.97. The lowest BCUT2D eigenvalue weighted by atomic mass is 10.1. The van der Waals surface area contributed by atoms with Gasteiger partial charge in [0.2, 0.25) is 0 Å². The number of hydrogen-bond acceptors (Lipinski definition) is 0. The monoisotopic (exact) mass is 738 g/mol. The highest BCUT2D eigenvalue weighted by Crippen LogP contribution is 2.43. The molecule has 58 heavy (non-hydrogen) atoms. The van der Waals surface area contributed by atoms with Gasteiger partial charge in [-0.05, 0) is 84.9 Å². The van der Waals surface area contributed by atoms with E-state index < -0.39 is 0 Å². The van der Waals surface area contributed by atoms with Gasteiger partial charge in [0, 0.05) is 65.8 Å². The van der Waals surface area contributed by atoms with E-state index in [1.54, 1.807) is 0 Å². The molecule has 270 valence electrons. The van der Waals surface area contributed by atoms with Crippen molar-refractivity contribution >= 4 is 87.2 Å².